The van der Waals surface area contributed by atoms with Crippen LogP contribution in [0.3, 0.4) is 0 Å². The standard InChI is InChI=1S/C16H16N2OS/c1-17-15(16-18-9-10-20-16)14-12-6-4-3-5-11(12)7-8-13(14)19-2/h3-10,15,17H,1-2H3. The molecule has 0 amide bonds. The number of ether oxygens (including phenoxy) is 1. The highest BCUT2D eigenvalue weighted by Crippen LogP contribution is 2.36. The summed E-state index contributed by atoms with van der Waals surface area (Å²) in [5.41, 5.74) is 1.14. The molecule has 0 aliphatic carbocycles. The lowest BCUT2D eigenvalue weighted by atomic mass is 9.98. The highest BCUT2D eigenvalue weighted by Gasteiger charge is 2.21. The molecule has 1 unspecified atom stereocenters. The van der Waals surface area contributed by atoms with Crippen molar-refractivity contribution >= 4 is 22.1 Å². The molecule has 20 heavy (non-hydrogen) atoms. The summed E-state index contributed by atoms with van der Waals surface area (Å²) in [6, 6.07) is 12.5. The third-order valence-corrected chi connectivity index (χ3v) is 4.27. The van der Waals surface area contributed by atoms with Crippen molar-refractivity contribution in [3.63, 3.8) is 0 Å². The van der Waals surface area contributed by atoms with Gasteiger partial charge in [0.15, 0.2) is 0 Å². The van der Waals surface area contributed by atoms with Gasteiger partial charge >= 0.3 is 0 Å². The predicted molar refractivity (Wildman–Crippen MR) is 83.5 cm³/mol. The van der Waals surface area contributed by atoms with Crippen LogP contribution in [0, 0.1) is 0 Å². The first kappa shape index (κ1) is 13.1. The fraction of sp³-hybridized carbons (Fsp3) is 0.188. The lowest BCUT2D eigenvalue weighted by molar-refractivity contribution is 0.406. The van der Waals surface area contributed by atoms with Crippen LogP contribution in [-0.4, -0.2) is 19.1 Å². The third kappa shape index (κ3) is 2.17. The van der Waals surface area contributed by atoms with Crippen molar-refractivity contribution in [2.75, 3.05) is 14.2 Å². The fourth-order valence-corrected chi connectivity index (χ4v) is 3.27. The van der Waals surface area contributed by atoms with Gasteiger partial charge in [-0.15, -0.1) is 11.3 Å². The zero-order chi connectivity index (χ0) is 13.9. The van der Waals surface area contributed by atoms with E-state index in [0.717, 1.165) is 16.3 Å². The van der Waals surface area contributed by atoms with E-state index in [-0.39, 0.29) is 6.04 Å². The largest absolute Gasteiger partial charge is 0.496 e. The molecule has 3 rings (SSSR count). The third-order valence-electron chi connectivity index (χ3n) is 3.43. The summed E-state index contributed by atoms with van der Waals surface area (Å²) < 4.78 is 5.57. The number of benzene rings is 2. The number of rotatable bonds is 4. The Labute approximate surface area is 122 Å². The summed E-state index contributed by atoms with van der Waals surface area (Å²) in [4.78, 5) is 4.45. The number of aromatic nitrogens is 1. The smallest absolute Gasteiger partial charge is 0.124 e. The molecule has 2 aromatic carbocycles. The van der Waals surface area contributed by atoms with E-state index in [1.165, 1.54) is 10.8 Å². The lowest BCUT2D eigenvalue weighted by Gasteiger charge is -2.19. The molecule has 3 nitrogen and oxygen atoms in total. The van der Waals surface area contributed by atoms with E-state index < -0.39 is 0 Å². The van der Waals surface area contributed by atoms with E-state index in [4.69, 9.17) is 4.74 Å². The first-order valence-electron chi connectivity index (χ1n) is 6.47. The van der Waals surface area contributed by atoms with Crippen molar-refractivity contribution in [1.29, 1.82) is 0 Å². The minimum absolute atomic E-state index is 0.0380. The van der Waals surface area contributed by atoms with Crippen LogP contribution in [0.2, 0.25) is 0 Å². The van der Waals surface area contributed by atoms with Gasteiger partial charge < -0.3 is 10.1 Å². The average Bonchev–Trinajstić information content (AvgIpc) is 3.02. The number of hydrogen-bond acceptors (Lipinski definition) is 4. The molecule has 4 heteroatoms. The van der Waals surface area contributed by atoms with E-state index in [0.29, 0.717) is 0 Å². The van der Waals surface area contributed by atoms with Gasteiger partial charge in [-0.2, -0.15) is 0 Å². The van der Waals surface area contributed by atoms with Crippen molar-refractivity contribution in [2.45, 2.75) is 6.04 Å². The van der Waals surface area contributed by atoms with E-state index in [1.807, 2.05) is 24.7 Å². The second kappa shape index (κ2) is 5.61. The molecule has 0 saturated carbocycles. The molecular formula is C16H16N2OS. The molecule has 1 aromatic heterocycles. The molecule has 0 bridgehead atoms. The molecule has 0 aliphatic heterocycles. The van der Waals surface area contributed by atoms with Crippen LogP contribution in [0.4, 0.5) is 0 Å². The fourth-order valence-electron chi connectivity index (χ4n) is 2.52. The maximum Gasteiger partial charge on any atom is 0.124 e. The number of fused-ring (bicyclic) bond motifs is 1. The van der Waals surface area contributed by atoms with Gasteiger partial charge in [0, 0.05) is 17.1 Å². The van der Waals surface area contributed by atoms with Gasteiger partial charge in [-0.3, -0.25) is 0 Å². The van der Waals surface area contributed by atoms with E-state index >= 15 is 0 Å². The maximum absolute atomic E-state index is 5.57. The van der Waals surface area contributed by atoms with Crippen LogP contribution >= 0.6 is 11.3 Å². The monoisotopic (exact) mass is 284 g/mol. The van der Waals surface area contributed by atoms with Gasteiger partial charge in [0.1, 0.15) is 10.8 Å². The molecule has 0 aliphatic rings. The van der Waals surface area contributed by atoms with Crippen LogP contribution in [0.1, 0.15) is 16.6 Å². The zero-order valence-corrected chi connectivity index (χ0v) is 12.3. The molecule has 1 N–H and O–H groups in total. The van der Waals surface area contributed by atoms with Crippen LogP contribution < -0.4 is 10.1 Å². The van der Waals surface area contributed by atoms with Gasteiger partial charge in [-0.1, -0.05) is 30.3 Å². The van der Waals surface area contributed by atoms with E-state index in [1.54, 1.807) is 18.4 Å². The molecule has 0 saturated heterocycles. The summed E-state index contributed by atoms with van der Waals surface area (Å²) in [7, 11) is 3.66. The van der Waals surface area contributed by atoms with Crippen molar-refractivity contribution in [1.82, 2.24) is 10.3 Å². The predicted octanol–water partition coefficient (Wildman–Crippen LogP) is 3.61. The molecule has 0 radical (unpaired) electrons. The Balaban J connectivity index is 2.27. The Bertz CT molecular complexity index is 710. The lowest BCUT2D eigenvalue weighted by Crippen LogP contribution is -2.18. The van der Waals surface area contributed by atoms with Gasteiger partial charge in [-0.25, -0.2) is 4.98 Å². The van der Waals surface area contributed by atoms with Crippen LogP contribution in [0.5, 0.6) is 5.75 Å². The number of methoxy groups -OCH3 is 1. The zero-order valence-electron chi connectivity index (χ0n) is 11.5. The Kier molecular flexibility index (Phi) is 3.67. The Morgan fingerprint density at radius 2 is 2.05 bits per heavy atom. The van der Waals surface area contributed by atoms with Gasteiger partial charge in [0.05, 0.1) is 13.2 Å². The van der Waals surface area contributed by atoms with Crippen molar-refractivity contribution in [3.8, 4) is 5.75 Å². The number of thiazole rings is 1. The normalized spacial score (nSPS) is 12.5. The Morgan fingerprint density at radius 3 is 2.75 bits per heavy atom. The summed E-state index contributed by atoms with van der Waals surface area (Å²) in [6.45, 7) is 0. The van der Waals surface area contributed by atoms with Crippen LogP contribution in [0.25, 0.3) is 10.8 Å². The number of hydrogen-bond donors (Lipinski definition) is 1. The quantitative estimate of drug-likeness (QED) is 0.794. The number of nitrogens with one attached hydrogen (secondary N) is 1. The molecule has 1 atom stereocenters. The van der Waals surface area contributed by atoms with Gasteiger partial charge in [0.2, 0.25) is 0 Å². The van der Waals surface area contributed by atoms with Crippen molar-refractivity contribution in [3.05, 3.63) is 58.5 Å². The highest BCUT2D eigenvalue weighted by molar-refractivity contribution is 7.09. The van der Waals surface area contributed by atoms with Crippen molar-refractivity contribution < 1.29 is 4.74 Å². The van der Waals surface area contributed by atoms with Crippen LogP contribution in [-0.2, 0) is 0 Å². The Morgan fingerprint density at radius 1 is 1.20 bits per heavy atom. The minimum Gasteiger partial charge on any atom is -0.496 e. The first-order valence-corrected chi connectivity index (χ1v) is 7.35. The second-order valence-electron chi connectivity index (χ2n) is 4.49. The molecule has 1 heterocycles. The molecule has 3 aromatic rings. The average molecular weight is 284 g/mol. The molecule has 0 spiro atoms. The maximum atomic E-state index is 5.57. The number of nitrogens with zero attached hydrogens (tertiary/aromatic N) is 1. The summed E-state index contributed by atoms with van der Waals surface area (Å²) in [5, 5.41) is 8.80. The first-order chi connectivity index (χ1) is 9.85. The van der Waals surface area contributed by atoms with Crippen LogP contribution in [0.15, 0.2) is 48.0 Å². The van der Waals surface area contributed by atoms with E-state index in [9.17, 15) is 0 Å². The second-order valence-corrected chi connectivity index (χ2v) is 5.42. The minimum atomic E-state index is 0.0380. The summed E-state index contributed by atoms with van der Waals surface area (Å²) >= 11 is 1.65. The van der Waals surface area contributed by atoms with E-state index in [2.05, 4.69) is 40.6 Å². The molecule has 0 fully saturated rings. The Hall–Kier alpha value is -1.91. The molecule has 102 valence electrons. The topological polar surface area (TPSA) is 34.2 Å². The molecular weight excluding hydrogens is 268 g/mol. The SMILES string of the molecule is CNC(c1nccs1)c1c(OC)ccc2ccccc12. The summed E-state index contributed by atoms with van der Waals surface area (Å²) in [5.74, 6) is 0.887. The van der Waals surface area contributed by atoms with Gasteiger partial charge in [0.25, 0.3) is 0 Å². The van der Waals surface area contributed by atoms with Gasteiger partial charge in [-0.05, 0) is 23.9 Å². The highest BCUT2D eigenvalue weighted by atomic mass is 32.1. The van der Waals surface area contributed by atoms with Crippen molar-refractivity contribution in [2.24, 2.45) is 0 Å². The summed E-state index contributed by atoms with van der Waals surface area (Å²) in [6.07, 6.45) is 1.84.